The van der Waals surface area contributed by atoms with Crippen LogP contribution in [0.2, 0.25) is 0 Å². The van der Waals surface area contributed by atoms with E-state index in [1.165, 1.54) is 12.1 Å². The minimum absolute atomic E-state index is 0.241. The Bertz CT molecular complexity index is 258. The molecule has 0 fully saturated rings. The van der Waals surface area contributed by atoms with Crippen LogP contribution in [0.1, 0.15) is 6.92 Å². The number of nitrogens with zero attached hydrogens (tertiary/aromatic N) is 1. The third-order valence-electron chi connectivity index (χ3n) is 1.81. The Morgan fingerprint density at radius 3 is 2.38 bits per heavy atom. The van der Waals surface area contributed by atoms with Crippen LogP contribution in [0.5, 0.6) is 0 Å². The molecule has 1 aromatic carbocycles. The second-order valence-corrected chi connectivity index (χ2v) is 3.21. The van der Waals surface area contributed by atoms with E-state index in [4.69, 9.17) is 5.11 Å². The molecule has 0 aliphatic rings. The van der Waals surface area contributed by atoms with Crippen molar-refractivity contribution >= 4 is 5.69 Å². The molecule has 72 valence electrons. The first-order chi connectivity index (χ1) is 6.09. The molecule has 0 amide bonds. The lowest BCUT2D eigenvalue weighted by Gasteiger charge is -2.20. The fourth-order valence-corrected chi connectivity index (χ4v) is 1.20. The normalized spacial score (nSPS) is 12.6. The van der Waals surface area contributed by atoms with E-state index in [0.717, 1.165) is 5.69 Å². The van der Waals surface area contributed by atoms with Gasteiger partial charge in [0.05, 0.1) is 6.10 Å². The van der Waals surface area contributed by atoms with Gasteiger partial charge in [0, 0.05) is 19.3 Å². The van der Waals surface area contributed by atoms with Crippen molar-refractivity contribution in [2.45, 2.75) is 13.0 Å². The molecule has 1 unspecified atom stereocenters. The van der Waals surface area contributed by atoms with Gasteiger partial charge in [0.2, 0.25) is 0 Å². The van der Waals surface area contributed by atoms with Gasteiger partial charge in [-0.25, -0.2) is 4.39 Å². The summed E-state index contributed by atoms with van der Waals surface area (Å²) in [5.74, 6) is -0.241. The predicted molar refractivity (Wildman–Crippen MR) is 51.4 cm³/mol. The SMILES string of the molecule is CC(O)CN(C)c1ccc(F)cc1. The largest absolute Gasteiger partial charge is 0.392 e. The van der Waals surface area contributed by atoms with Crippen LogP contribution >= 0.6 is 0 Å². The van der Waals surface area contributed by atoms with E-state index < -0.39 is 0 Å². The Labute approximate surface area is 77.6 Å². The number of likely N-dealkylation sites (N-methyl/N-ethyl adjacent to an activating group) is 1. The molecule has 1 rings (SSSR count). The molecule has 0 spiro atoms. The summed E-state index contributed by atoms with van der Waals surface area (Å²) in [6.07, 6.45) is -0.380. The number of hydrogen-bond acceptors (Lipinski definition) is 2. The van der Waals surface area contributed by atoms with E-state index in [-0.39, 0.29) is 11.9 Å². The van der Waals surface area contributed by atoms with E-state index in [1.807, 2.05) is 11.9 Å². The number of halogens is 1. The summed E-state index contributed by atoms with van der Waals surface area (Å²) in [5, 5.41) is 9.12. The Morgan fingerprint density at radius 1 is 1.38 bits per heavy atom. The zero-order valence-corrected chi connectivity index (χ0v) is 7.87. The van der Waals surface area contributed by atoms with Gasteiger partial charge in [-0.15, -0.1) is 0 Å². The second-order valence-electron chi connectivity index (χ2n) is 3.21. The third-order valence-corrected chi connectivity index (χ3v) is 1.81. The van der Waals surface area contributed by atoms with Crippen molar-refractivity contribution in [2.24, 2.45) is 0 Å². The molecule has 13 heavy (non-hydrogen) atoms. The maximum Gasteiger partial charge on any atom is 0.123 e. The van der Waals surface area contributed by atoms with Crippen LogP contribution in [0, 0.1) is 5.82 Å². The molecule has 2 nitrogen and oxygen atoms in total. The van der Waals surface area contributed by atoms with Gasteiger partial charge in [-0.2, -0.15) is 0 Å². The molecular formula is C10H14FNO. The summed E-state index contributed by atoms with van der Waals surface area (Å²) in [6, 6.07) is 6.21. The van der Waals surface area contributed by atoms with Gasteiger partial charge in [-0.1, -0.05) is 0 Å². The van der Waals surface area contributed by atoms with Crippen LogP contribution < -0.4 is 4.90 Å². The van der Waals surface area contributed by atoms with Gasteiger partial charge in [-0.3, -0.25) is 0 Å². The summed E-state index contributed by atoms with van der Waals surface area (Å²) >= 11 is 0. The molecule has 0 aromatic heterocycles. The van der Waals surface area contributed by atoms with Crippen LogP contribution in [0.3, 0.4) is 0 Å². The van der Waals surface area contributed by atoms with E-state index in [0.29, 0.717) is 6.54 Å². The smallest absolute Gasteiger partial charge is 0.123 e. The van der Waals surface area contributed by atoms with Gasteiger partial charge >= 0.3 is 0 Å². The molecule has 1 N–H and O–H groups in total. The van der Waals surface area contributed by atoms with Crippen molar-refractivity contribution in [3.63, 3.8) is 0 Å². The second kappa shape index (κ2) is 4.23. The summed E-state index contributed by atoms with van der Waals surface area (Å²) in [5.41, 5.74) is 0.905. The summed E-state index contributed by atoms with van der Waals surface area (Å²) in [4.78, 5) is 1.88. The monoisotopic (exact) mass is 183 g/mol. The fraction of sp³-hybridized carbons (Fsp3) is 0.400. The van der Waals surface area contributed by atoms with Crippen molar-refractivity contribution < 1.29 is 9.50 Å². The average Bonchev–Trinajstić information content (AvgIpc) is 2.04. The topological polar surface area (TPSA) is 23.5 Å². The summed E-state index contributed by atoms with van der Waals surface area (Å²) in [7, 11) is 1.86. The Morgan fingerprint density at radius 2 is 1.92 bits per heavy atom. The standard InChI is InChI=1S/C10H14FNO/c1-8(13)7-12(2)10-5-3-9(11)4-6-10/h3-6,8,13H,7H2,1-2H3. The molecule has 0 saturated heterocycles. The highest BCUT2D eigenvalue weighted by Crippen LogP contribution is 2.12. The minimum Gasteiger partial charge on any atom is -0.392 e. The zero-order valence-electron chi connectivity index (χ0n) is 7.87. The first-order valence-corrected chi connectivity index (χ1v) is 4.24. The van der Waals surface area contributed by atoms with E-state index in [2.05, 4.69) is 0 Å². The van der Waals surface area contributed by atoms with Crippen LogP contribution in [-0.2, 0) is 0 Å². The van der Waals surface area contributed by atoms with Gasteiger partial charge in [0.25, 0.3) is 0 Å². The molecule has 3 heteroatoms. The number of hydrogen-bond donors (Lipinski definition) is 1. The number of anilines is 1. The average molecular weight is 183 g/mol. The molecule has 0 bridgehead atoms. The lowest BCUT2D eigenvalue weighted by molar-refractivity contribution is 0.201. The highest BCUT2D eigenvalue weighted by Gasteiger charge is 2.03. The first-order valence-electron chi connectivity index (χ1n) is 4.24. The quantitative estimate of drug-likeness (QED) is 0.770. The summed E-state index contributed by atoms with van der Waals surface area (Å²) < 4.78 is 12.5. The molecular weight excluding hydrogens is 169 g/mol. The van der Waals surface area contributed by atoms with Crippen molar-refractivity contribution in [3.05, 3.63) is 30.1 Å². The Hall–Kier alpha value is -1.09. The number of rotatable bonds is 3. The predicted octanol–water partition coefficient (Wildman–Crippen LogP) is 1.64. The Balaban J connectivity index is 2.66. The van der Waals surface area contributed by atoms with Gasteiger partial charge in [0.1, 0.15) is 5.82 Å². The molecule has 0 saturated carbocycles. The number of aliphatic hydroxyl groups is 1. The van der Waals surface area contributed by atoms with Crippen LogP contribution in [0.15, 0.2) is 24.3 Å². The molecule has 1 atom stereocenters. The molecule has 0 heterocycles. The van der Waals surface area contributed by atoms with E-state index >= 15 is 0 Å². The van der Waals surface area contributed by atoms with Gasteiger partial charge in [-0.05, 0) is 31.2 Å². The van der Waals surface area contributed by atoms with Crippen LogP contribution in [0.25, 0.3) is 0 Å². The molecule has 0 aliphatic carbocycles. The lowest BCUT2D eigenvalue weighted by Crippen LogP contribution is -2.26. The fourth-order valence-electron chi connectivity index (χ4n) is 1.20. The maximum atomic E-state index is 12.5. The third kappa shape index (κ3) is 3.03. The zero-order chi connectivity index (χ0) is 9.84. The maximum absolute atomic E-state index is 12.5. The van der Waals surface area contributed by atoms with Crippen LogP contribution in [-0.4, -0.2) is 24.8 Å². The van der Waals surface area contributed by atoms with E-state index in [1.54, 1.807) is 19.1 Å². The highest BCUT2D eigenvalue weighted by molar-refractivity contribution is 5.45. The summed E-state index contributed by atoms with van der Waals surface area (Å²) in [6.45, 7) is 2.27. The van der Waals surface area contributed by atoms with Gasteiger partial charge in [0.15, 0.2) is 0 Å². The minimum atomic E-state index is -0.380. The lowest BCUT2D eigenvalue weighted by atomic mass is 10.2. The molecule has 0 radical (unpaired) electrons. The van der Waals surface area contributed by atoms with Crippen molar-refractivity contribution in [2.75, 3.05) is 18.5 Å². The molecule has 1 aromatic rings. The number of benzene rings is 1. The van der Waals surface area contributed by atoms with Crippen LogP contribution in [0.4, 0.5) is 10.1 Å². The molecule has 0 aliphatic heterocycles. The van der Waals surface area contributed by atoms with Crippen molar-refractivity contribution in [1.29, 1.82) is 0 Å². The highest BCUT2D eigenvalue weighted by atomic mass is 19.1. The first kappa shape index (κ1) is 9.99. The number of aliphatic hydroxyl groups excluding tert-OH is 1. The van der Waals surface area contributed by atoms with Crippen molar-refractivity contribution in [3.8, 4) is 0 Å². The van der Waals surface area contributed by atoms with E-state index in [9.17, 15) is 4.39 Å². The van der Waals surface area contributed by atoms with Crippen molar-refractivity contribution in [1.82, 2.24) is 0 Å². The Kier molecular flexibility index (Phi) is 3.25. The van der Waals surface area contributed by atoms with Gasteiger partial charge < -0.3 is 10.0 Å².